The van der Waals surface area contributed by atoms with Gasteiger partial charge in [0.2, 0.25) is 10.0 Å². The quantitative estimate of drug-likeness (QED) is 0.924. The van der Waals surface area contributed by atoms with Crippen molar-refractivity contribution in [2.75, 3.05) is 6.54 Å². The first kappa shape index (κ1) is 14.9. The van der Waals surface area contributed by atoms with E-state index in [9.17, 15) is 22.7 Å². The highest BCUT2D eigenvalue weighted by Crippen LogP contribution is 2.26. The van der Waals surface area contributed by atoms with Gasteiger partial charge in [0.15, 0.2) is 0 Å². The van der Waals surface area contributed by atoms with E-state index in [-0.39, 0.29) is 13.0 Å². The Morgan fingerprint density at radius 1 is 1.25 bits per heavy atom. The molecule has 0 aromatic heterocycles. The zero-order valence-corrected chi connectivity index (χ0v) is 11.6. The van der Waals surface area contributed by atoms with Crippen molar-refractivity contribution in [2.24, 2.45) is 0 Å². The van der Waals surface area contributed by atoms with Crippen molar-refractivity contribution >= 4 is 16.0 Å². The van der Waals surface area contributed by atoms with E-state index < -0.39 is 32.7 Å². The molecule has 1 aliphatic heterocycles. The molecule has 5 nitrogen and oxygen atoms in total. The molecule has 1 unspecified atom stereocenters. The van der Waals surface area contributed by atoms with E-state index in [1.54, 1.807) is 0 Å². The molecule has 1 N–H and O–H groups in total. The van der Waals surface area contributed by atoms with Gasteiger partial charge in [0.1, 0.15) is 16.8 Å². The fraction of sp³-hybridized carbons (Fsp3) is 0.462. The molecule has 0 amide bonds. The van der Waals surface area contributed by atoms with E-state index >= 15 is 0 Å². The van der Waals surface area contributed by atoms with Crippen molar-refractivity contribution in [1.29, 1.82) is 0 Å². The lowest BCUT2D eigenvalue weighted by molar-refractivity contribution is -0.141. The fourth-order valence-corrected chi connectivity index (χ4v) is 4.11. The van der Waals surface area contributed by atoms with Crippen molar-refractivity contribution in [2.45, 2.75) is 36.6 Å². The summed E-state index contributed by atoms with van der Waals surface area (Å²) in [5, 5.41) is 9.21. The van der Waals surface area contributed by atoms with Crippen LogP contribution >= 0.6 is 0 Å². The number of halogens is 1. The summed E-state index contributed by atoms with van der Waals surface area (Å²) in [6.07, 6.45) is 2.26. The Morgan fingerprint density at radius 2 is 1.95 bits per heavy atom. The third kappa shape index (κ3) is 2.83. The summed E-state index contributed by atoms with van der Waals surface area (Å²) in [7, 11) is -4.13. The van der Waals surface area contributed by atoms with Crippen LogP contribution in [0.5, 0.6) is 0 Å². The highest BCUT2D eigenvalue weighted by Gasteiger charge is 2.37. The normalized spacial score (nSPS) is 21.4. The van der Waals surface area contributed by atoms with Crippen LogP contribution in [0.2, 0.25) is 0 Å². The summed E-state index contributed by atoms with van der Waals surface area (Å²) < 4.78 is 39.6. The first-order valence-electron chi connectivity index (χ1n) is 6.44. The smallest absolute Gasteiger partial charge is 0.322 e. The molecule has 1 aromatic rings. The van der Waals surface area contributed by atoms with Gasteiger partial charge in [-0.05, 0) is 25.0 Å². The maximum Gasteiger partial charge on any atom is 0.322 e. The number of carboxylic acid groups (broad SMARTS) is 1. The Labute approximate surface area is 117 Å². The van der Waals surface area contributed by atoms with Gasteiger partial charge >= 0.3 is 5.97 Å². The molecule has 0 spiro atoms. The molecule has 0 aliphatic carbocycles. The van der Waals surface area contributed by atoms with E-state index in [2.05, 4.69) is 0 Å². The molecule has 0 saturated carbocycles. The number of nitrogens with zero attached hydrogens (tertiary/aromatic N) is 1. The minimum absolute atomic E-state index is 0.105. The van der Waals surface area contributed by atoms with Gasteiger partial charge in [-0.1, -0.05) is 25.0 Å². The number of hydrogen-bond donors (Lipinski definition) is 1. The van der Waals surface area contributed by atoms with Crippen molar-refractivity contribution in [1.82, 2.24) is 4.31 Å². The zero-order valence-electron chi connectivity index (χ0n) is 10.8. The van der Waals surface area contributed by atoms with Crippen LogP contribution in [0.4, 0.5) is 4.39 Å². The van der Waals surface area contributed by atoms with Crippen LogP contribution in [-0.4, -0.2) is 36.4 Å². The van der Waals surface area contributed by atoms with Gasteiger partial charge in [0.25, 0.3) is 0 Å². The van der Waals surface area contributed by atoms with Crippen LogP contribution in [0.15, 0.2) is 29.2 Å². The van der Waals surface area contributed by atoms with Crippen molar-refractivity contribution in [3.8, 4) is 0 Å². The molecule has 1 saturated heterocycles. The third-order valence-electron chi connectivity index (χ3n) is 3.41. The lowest BCUT2D eigenvalue weighted by atomic mass is 10.1. The molecule has 7 heteroatoms. The van der Waals surface area contributed by atoms with Gasteiger partial charge in [-0.3, -0.25) is 4.79 Å². The predicted octanol–water partition coefficient (Wildman–Crippen LogP) is 1.84. The van der Waals surface area contributed by atoms with E-state index in [0.29, 0.717) is 12.8 Å². The van der Waals surface area contributed by atoms with E-state index in [1.807, 2.05) is 0 Å². The van der Waals surface area contributed by atoms with E-state index in [0.717, 1.165) is 22.9 Å². The number of sulfonamides is 1. The molecular weight excluding hydrogens is 285 g/mol. The van der Waals surface area contributed by atoms with Crippen LogP contribution in [0, 0.1) is 5.82 Å². The minimum atomic E-state index is -4.13. The minimum Gasteiger partial charge on any atom is -0.480 e. The molecule has 2 rings (SSSR count). The van der Waals surface area contributed by atoms with E-state index in [1.165, 1.54) is 12.1 Å². The summed E-state index contributed by atoms with van der Waals surface area (Å²) in [6, 6.07) is 3.91. The standard InChI is InChI=1S/C13H16FNO4S/c14-10-6-3-4-8-12(10)20(18,19)15-9-5-1-2-7-11(15)13(16)17/h3-4,6,8,11H,1-2,5,7,9H2,(H,16,17). The molecule has 20 heavy (non-hydrogen) atoms. The molecule has 1 fully saturated rings. The molecule has 0 bridgehead atoms. The van der Waals surface area contributed by atoms with Gasteiger partial charge in [-0.2, -0.15) is 4.31 Å². The van der Waals surface area contributed by atoms with Crippen LogP contribution in [0.1, 0.15) is 25.7 Å². The largest absolute Gasteiger partial charge is 0.480 e. The Morgan fingerprint density at radius 3 is 2.60 bits per heavy atom. The number of aliphatic carboxylic acids is 1. The molecular formula is C13H16FNO4S. The highest BCUT2D eigenvalue weighted by molar-refractivity contribution is 7.89. The molecule has 1 aliphatic rings. The first-order chi connectivity index (χ1) is 9.44. The number of carbonyl (C=O) groups is 1. The lowest BCUT2D eigenvalue weighted by Crippen LogP contribution is -2.44. The molecule has 110 valence electrons. The first-order valence-corrected chi connectivity index (χ1v) is 7.88. The van der Waals surface area contributed by atoms with Crippen LogP contribution in [0.3, 0.4) is 0 Å². The Kier molecular flexibility index (Phi) is 4.39. The highest BCUT2D eigenvalue weighted by atomic mass is 32.2. The van der Waals surface area contributed by atoms with Gasteiger partial charge in [-0.15, -0.1) is 0 Å². The van der Waals surface area contributed by atoms with Crippen LogP contribution < -0.4 is 0 Å². The van der Waals surface area contributed by atoms with Gasteiger partial charge < -0.3 is 5.11 Å². The third-order valence-corrected chi connectivity index (χ3v) is 5.35. The fourth-order valence-electron chi connectivity index (χ4n) is 2.40. The monoisotopic (exact) mass is 301 g/mol. The summed E-state index contributed by atoms with van der Waals surface area (Å²) in [4.78, 5) is 10.8. The SMILES string of the molecule is O=C(O)C1CCCCCN1S(=O)(=O)c1ccccc1F. The Balaban J connectivity index is 2.45. The van der Waals surface area contributed by atoms with Crippen LogP contribution in [0.25, 0.3) is 0 Å². The second-order valence-corrected chi connectivity index (χ2v) is 6.61. The number of hydrogen-bond acceptors (Lipinski definition) is 3. The summed E-state index contributed by atoms with van der Waals surface area (Å²) >= 11 is 0. The molecule has 0 radical (unpaired) electrons. The number of rotatable bonds is 3. The van der Waals surface area contributed by atoms with Crippen molar-refractivity contribution < 1.29 is 22.7 Å². The predicted molar refractivity (Wildman–Crippen MR) is 70.2 cm³/mol. The van der Waals surface area contributed by atoms with E-state index in [4.69, 9.17) is 0 Å². The van der Waals surface area contributed by atoms with Crippen molar-refractivity contribution in [3.05, 3.63) is 30.1 Å². The van der Waals surface area contributed by atoms with Gasteiger partial charge in [0, 0.05) is 6.54 Å². The average Bonchev–Trinajstić information content (AvgIpc) is 2.65. The van der Waals surface area contributed by atoms with Gasteiger partial charge in [0.05, 0.1) is 0 Å². The Bertz CT molecular complexity index is 602. The lowest BCUT2D eigenvalue weighted by Gasteiger charge is -2.26. The summed E-state index contributed by atoms with van der Waals surface area (Å²) in [5.74, 6) is -2.05. The van der Waals surface area contributed by atoms with Gasteiger partial charge in [-0.25, -0.2) is 12.8 Å². The second-order valence-electron chi connectivity index (χ2n) is 4.75. The number of benzene rings is 1. The zero-order chi connectivity index (χ0) is 14.8. The number of carboxylic acids is 1. The Hall–Kier alpha value is -1.47. The average molecular weight is 301 g/mol. The van der Waals surface area contributed by atoms with Crippen LogP contribution in [-0.2, 0) is 14.8 Å². The maximum absolute atomic E-state index is 13.7. The molecule has 1 heterocycles. The summed E-state index contributed by atoms with van der Waals surface area (Å²) in [6.45, 7) is 0.105. The topological polar surface area (TPSA) is 74.7 Å². The summed E-state index contributed by atoms with van der Waals surface area (Å²) in [5.41, 5.74) is 0. The second kappa shape index (κ2) is 5.88. The molecule has 1 aromatic carbocycles. The maximum atomic E-state index is 13.7. The van der Waals surface area contributed by atoms with Crippen molar-refractivity contribution in [3.63, 3.8) is 0 Å². The molecule has 1 atom stereocenters.